The Morgan fingerprint density at radius 3 is 2.36 bits per heavy atom. The third kappa shape index (κ3) is 3.49. The minimum atomic E-state index is 0.327. The summed E-state index contributed by atoms with van der Waals surface area (Å²) in [4.78, 5) is 17.8. The lowest BCUT2D eigenvalue weighted by molar-refractivity contribution is -0.139. The smallest absolute Gasteiger partial charge is 0.225 e. The van der Waals surface area contributed by atoms with Crippen LogP contribution in [-0.4, -0.2) is 61.6 Å². The molecule has 4 nitrogen and oxygen atoms in total. The fraction of sp³-hybridized carbons (Fsp3) is 0.952. The molecule has 1 unspecified atom stereocenters. The van der Waals surface area contributed by atoms with Crippen LogP contribution in [0.4, 0.5) is 0 Å². The number of amides is 1. The van der Waals surface area contributed by atoms with Gasteiger partial charge < -0.3 is 9.64 Å². The van der Waals surface area contributed by atoms with Crippen LogP contribution in [0, 0.1) is 17.3 Å². The number of ether oxygens (including phenoxy) is 1. The molecule has 4 heteroatoms. The van der Waals surface area contributed by atoms with Gasteiger partial charge in [0, 0.05) is 51.2 Å². The zero-order chi connectivity index (χ0) is 17.3. The van der Waals surface area contributed by atoms with Crippen molar-refractivity contribution in [2.75, 3.05) is 39.9 Å². The fourth-order valence-electron chi connectivity index (χ4n) is 5.88. The highest BCUT2D eigenvalue weighted by molar-refractivity contribution is 5.79. The average molecular weight is 349 g/mol. The maximum Gasteiger partial charge on any atom is 0.225 e. The Morgan fingerprint density at radius 2 is 1.76 bits per heavy atom. The Hall–Kier alpha value is -0.610. The molecule has 2 aliphatic carbocycles. The van der Waals surface area contributed by atoms with Crippen molar-refractivity contribution < 1.29 is 9.53 Å². The first kappa shape index (κ1) is 17.8. The van der Waals surface area contributed by atoms with Crippen LogP contribution in [0.15, 0.2) is 0 Å². The van der Waals surface area contributed by atoms with E-state index in [0.717, 1.165) is 38.6 Å². The monoisotopic (exact) mass is 348 g/mol. The van der Waals surface area contributed by atoms with E-state index < -0.39 is 0 Å². The molecule has 1 amide bonds. The molecular weight excluding hydrogens is 312 g/mol. The molecule has 2 aliphatic heterocycles. The van der Waals surface area contributed by atoms with Crippen LogP contribution in [0.1, 0.15) is 64.2 Å². The normalized spacial score (nSPS) is 31.4. The van der Waals surface area contributed by atoms with Crippen molar-refractivity contribution in [2.24, 2.45) is 17.3 Å². The molecule has 1 spiro atoms. The van der Waals surface area contributed by atoms with Crippen molar-refractivity contribution in [1.82, 2.24) is 9.80 Å². The van der Waals surface area contributed by atoms with E-state index in [1.165, 1.54) is 64.5 Å². The highest BCUT2D eigenvalue weighted by Gasteiger charge is 2.50. The van der Waals surface area contributed by atoms with Gasteiger partial charge in [-0.15, -0.1) is 0 Å². The molecule has 2 saturated heterocycles. The van der Waals surface area contributed by atoms with E-state index in [4.69, 9.17) is 4.74 Å². The number of hydrogen-bond acceptors (Lipinski definition) is 3. The van der Waals surface area contributed by atoms with Gasteiger partial charge in [0.25, 0.3) is 0 Å². The van der Waals surface area contributed by atoms with Crippen molar-refractivity contribution in [1.29, 1.82) is 0 Å². The Labute approximate surface area is 153 Å². The van der Waals surface area contributed by atoms with E-state index in [1.807, 2.05) is 7.11 Å². The van der Waals surface area contributed by atoms with Crippen LogP contribution in [0.3, 0.4) is 0 Å². The van der Waals surface area contributed by atoms with Gasteiger partial charge in [-0.3, -0.25) is 9.69 Å². The molecule has 0 aromatic carbocycles. The summed E-state index contributed by atoms with van der Waals surface area (Å²) in [6.45, 7) is 5.31. The molecule has 4 rings (SSSR count). The first-order valence-electron chi connectivity index (χ1n) is 10.7. The summed E-state index contributed by atoms with van der Waals surface area (Å²) in [5.41, 5.74) is 0.398. The Kier molecular flexibility index (Phi) is 5.38. The molecular formula is C21H36N2O2. The van der Waals surface area contributed by atoms with Crippen LogP contribution in [0.2, 0.25) is 0 Å². The molecule has 0 radical (unpaired) electrons. The number of piperidine rings is 1. The van der Waals surface area contributed by atoms with E-state index >= 15 is 0 Å². The summed E-state index contributed by atoms with van der Waals surface area (Å²) in [5.74, 6) is 1.45. The predicted molar refractivity (Wildman–Crippen MR) is 99.4 cm³/mol. The van der Waals surface area contributed by atoms with Gasteiger partial charge in [0.1, 0.15) is 0 Å². The zero-order valence-electron chi connectivity index (χ0n) is 16.0. The molecule has 142 valence electrons. The summed E-state index contributed by atoms with van der Waals surface area (Å²) < 4.78 is 5.60. The second kappa shape index (κ2) is 7.56. The van der Waals surface area contributed by atoms with E-state index in [9.17, 15) is 4.79 Å². The van der Waals surface area contributed by atoms with Crippen LogP contribution in [0.25, 0.3) is 0 Å². The van der Waals surface area contributed by atoms with Crippen LogP contribution in [-0.2, 0) is 9.53 Å². The predicted octanol–water partition coefficient (Wildman–Crippen LogP) is 3.31. The molecule has 2 saturated carbocycles. The van der Waals surface area contributed by atoms with Gasteiger partial charge in [-0.1, -0.05) is 25.7 Å². The van der Waals surface area contributed by atoms with Crippen LogP contribution >= 0.6 is 0 Å². The van der Waals surface area contributed by atoms with Gasteiger partial charge in [0.15, 0.2) is 0 Å². The third-order valence-corrected chi connectivity index (χ3v) is 7.82. The molecule has 0 aromatic heterocycles. The number of nitrogens with zero attached hydrogens (tertiary/aromatic N) is 2. The van der Waals surface area contributed by atoms with E-state index in [-0.39, 0.29) is 0 Å². The summed E-state index contributed by atoms with van der Waals surface area (Å²) in [5, 5.41) is 0. The highest BCUT2D eigenvalue weighted by Crippen LogP contribution is 2.47. The Bertz CT molecular complexity index is 463. The van der Waals surface area contributed by atoms with Gasteiger partial charge >= 0.3 is 0 Å². The summed E-state index contributed by atoms with van der Waals surface area (Å²) >= 11 is 0. The largest absolute Gasteiger partial charge is 0.384 e. The van der Waals surface area contributed by atoms with Crippen LogP contribution in [0.5, 0.6) is 0 Å². The molecule has 0 aromatic rings. The summed E-state index contributed by atoms with van der Waals surface area (Å²) in [7, 11) is 1.85. The maximum absolute atomic E-state index is 12.9. The molecule has 0 bridgehead atoms. The summed E-state index contributed by atoms with van der Waals surface area (Å²) in [6.07, 6.45) is 12.6. The SMILES string of the molecule is COCC1CN(C2CCC2)CC12CCN(C(=O)C1CCCCC1)CC2. The number of carbonyl (C=O) groups excluding carboxylic acids is 1. The number of likely N-dealkylation sites (tertiary alicyclic amines) is 2. The molecule has 25 heavy (non-hydrogen) atoms. The lowest BCUT2D eigenvalue weighted by atomic mass is 9.71. The second-order valence-electron chi connectivity index (χ2n) is 9.19. The second-order valence-corrected chi connectivity index (χ2v) is 9.19. The zero-order valence-corrected chi connectivity index (χ0v) is 16.0. The number of hydrogen-bond donors (Lipinski definition) is 0. The number of methoxy groups -OCH3 is 1. The molecule has 2 heterocycles. The van der Waals surface area contributed by atoms with Crippen molar-refractivity contribution in [3.05, 3.63) is 0 Å². The number of carbonyl (C=O) groups is 1. The van der Waals surface area contributed by atoms with Gasteiger partial charge in [0.2, 0.25) is 5.91 Å². The maximum atomic E-state index is 12.9. The highest BCUT2D eigenvalue weighted by atomic mass is 16.5. The Balaban J connectivity index is 1.37. The van der Waals surface area contributed by atoms with Gasteiger partial charge in [-0.2, -0.15) is 0 Å². The molecule has 4 fully saturated rings. The third-order valence-electron chi connectivity index (χ3n) is 7.82. The van der Waals surface area contributed by atoms with Crippen LogP contribution < -0.4 is 0 Å². The van der Waals surface area contributed by atoms with E-state index in [1.54, 1.807) is 0 Å². The fourth-order valence-corrected chi connectivity index (χ4v) is 5.88. The first-order chi connectivity index (χ1) is 12.2. The number of rotatable bonds is 4. The summed E-state index contributed by atoms with van der Waals surface area (Å²) in [6, 6.07) is 0.834. The van der Waals surface area contributed by atoms with Crippen molar-refractivity contribution in [3.8, 4) is 0 Å². The molecule has 0 N–H and O–H groups in total. The van der Waals surface area contributed by atoms with E-state index in [2.05, 4.69) is 9.80 Å². The molecule has 1 atom stereocenters. The standard InChI is InChI=1S/C21H36N2O2/c1-25-15-18-14-23(19-8-5-9-19)16-21(18)10-12-22(13-11-21)20(24)17-6-3-2-4-7-17/h17-19H,2-16H2,1H3. The van der Waals surface area contributed by atoms with Crippen molar-refractivity contribution in [2.45, 2.75) is 70.3 Å². The Morgan fingerprint density at radius 1 is 1.04 bits per heavy atom. The van der Waals surface area contributed by atoms with Gasteiger partial charge in [-0.05, 0) is 43.9 Å². The lowest BCUT2D eigenvalue weighted by Gasteiger charge is -2.44. The quantitative estimate of drug-likeness (QED) is 0.781. The lowest BCUT2D eigenvalue weighted by Crippen LogP contribution is -2.49. The minimum Gasteiger partial charge on any atom is -0.384 e. The van der Waals surface area contributed by atoms with Crippen molar-refractivity contribution in [3.63, 3.8) is 0 Å². The van der Waals surface area contributed by atoms with E-state index in [0.29, 0.717) is 23.2 Å². The average Bonchev–Trinajstić information content (AvgIpc) is 2.92. The van der Waals surface area contributed by atoms with Crippen molar-refractivity contribution >= 4 is 5.91 Å². The topological polar surface area (TPSA) is 32.8 Å². The molecule has 4 aliphatic rings. The van der Waals surface area contributed by atoms with Gasteiger partial charge in [-0.25, -0.2) is 0 Å². The minimum absolute atomic E-state index is 0.327. The van der Waals surface area contributed by atoms with Gasteiger partial charge in [0.05, 0.1) is 6.61 Å². The first-order valence-corrected chi connectivity index (χ1v) is 10.7.